The van der Waals surface area contributed by atoms with Gasteiger partial charge >= 0.3 is 5.97 Å². The third-order valence-electron chi connectivity index (χ3n) is 6.32. The van der Waals surface area contributed by atoms with Crippen molar-refractivity contribution in [2.75, 3.05) is 7.11 Å². The standard InChI is InChI=1S/C24H32O3/c1-16(2)19-14-13-17(3)15-22(19)27-23(25)24(4,26-5)21-12-8-10-18-9-6-7-11-20(18)21/h6-12,16-17,19,22H,13-15H2,1-5H3/t17-,19+,22-,24-/m1/s1. The molecule has 0 unspecified atom stereocenters. The van der Waals surface area contributed by atoms with E-state index in [0.29, 0.717) is 17.8 Å². The van der Waals surface area contributed by atoms with Gasteiger partial charge in [0.05, 0.1) is 0 Å². The van der Waals surface area contributed by atoms with E-state index in [4.69, 9.17) is 9.47 Å². The van der Waals surface area contributed by atoms with Crippen LogP contribution in [0.5, 0.6) is 0 Å². The van der Waals surface area contributed by atoms with Crippen molar-refractivity contribution >= 4 is 16.7 Å². The lowest BCUT2D eigenvalue weighted by molar-refractivity contribution is -0.180. The summed E-state index contributed by atoms with van der Waals surface area (Å²) in [7, 11) is 1.59. The van der Waals surface area contributed by atoms with Gasteiger partial charge in [-0.05, 0) is 48.3 Å². The molecule has 0 saturated heterocycles. The van der Waals surface area contributed by atoms with E-state index in [1.165, 1.54) is 6.42 Å². The molecule has 0 amide bonds. The minimum absolute atomic E-state index is 0.0364. The molecule has 0 spiro atoms. The average molecular weight is 369 g/mol. The lowest BCUT2D eigenvalue weighted by Crippen LogP contribution is -2.43. The normalized spacial score (nSPS) is 25.3. The van der Waals surface area contributed by atoms with E-state index in [2.05, 4.69) is 32.9 Å². The molecule has 146 valence electrons. The zero-order valence-corrected chi connectivity index (χ0v) is 17.2. The van der Waals surface area contributed by atoms with E-state index in [-0.39, 0.29) is 12.1 Å². The lowest BCUT2D eigenvalue weighted by atomic mass is 9.75. The van der Waals surface area contributed by atoms with Gasteiger partial charge in [-0.15, -0.1) is 0 Å². The quantitative estimate of drug-likeness (QED) is 0.635. The Morgan fingerprint density at radius 1 is 1.11 bits per heavy atom. The summed E-state index contributed by atoms with van der Waals surface area (Å²) in [6, 6.07) is 14.1. The summed E-state index contributed by atoms with van der Waals surface area (Å²) in [6.07, 6.45) is 3.23. The maximum atomic E-state index is 13.3. The van der Waals surface area contributed by atoms with Crippen molar-refractivity contribution in [2.24, 2.45) is 17.8 Å². The number of carbonyl (C=O) groups excluding carboxylic acids is 1. The molecule has 1 saturated carbocycles. The van der Waals surface area contributed by atoms with Gasteiger partial charge < -0.3 is 9.47 Å². The largest absolute Gasteiger partial charge is 0.460 e. The number of methoxy groups -OCH3 is 1. The predicted molar refractivity (Wildman–Crippen MR) is 110 cm³/mol. The first-order valence-electron chi connectivity index (χ1n) is 10.1. The molecule has 4 atom stereocenters. The van der Waals surface area contributed by atoms with Gasteiger partial charge in [0.25, 0.3) is 0 Å². The van der Waals surface area contributed by atoms with Gasteiger partial charge in [-0.25, -0.2) is 4.79 Å². The molecule has 2 aromatic carbocycles. The molecule has 3 nitrogen and oxygen atoms in total. The van der Waals surface area contributed by atoms with E-state index in [9.17, 15) is 4.79 Å². The highest BCUT2D eigenvalue weighted by Crippen LogP contribution is 2.38. The molecule has 0 radical (unpaired) electrons. The molecule has 1 aliphatic rings. The highest BCUT2D eigenvalue weighted by molar-refractivity contribution is 5.92. The number of hydrogen-bond donors (Lipinski definition) is 0. The minimum atomic E-state index is -1.12. The lowest BCUT2D eigenvalue weighted by Gasteiger charge is -2.38. The maximum Gasteiger partial charge on any atom is 0.343 e. The fourth-order valence-corrected chi connectivity index (χ4v) is 4.44. The van der Waals surface area contributed by atoms with Gasteiger partial charge in [-0.2, -0.15) is 0 Å². The van der Waals surface area contributed by atoms with Crippen molar-refractivity contribution in [2.45, 2.75) is 58.7 Å². The van der Waals surface area contributed by atoms with Crippen molar-refractivity contribution < 1.29 is 14.3 Å². The van der Waals surface area contributed by atoms with Crippen molar-refractivity contribution in [1.82, 2.24) is 0 Å². The fraction of sp³-hybridized carbons (Fsp3) is 0.542. The Hall–Kier alpha value is -1.87. The molecule has 3 heteroatoms. The van der Waals surface area contributed by atoms with E-state index >= 15 is 0 Å². The first-order chi connectivity index (χ1) is 12.9. The van der Waals surface area contributed by atoms with Crippen LogP contribution >= 0.6 is 0 Å². The molecule has 2 aromatic rings. The van der Waals surface area contributed by atoms with Crippen LogP contribution in [-0.4, -0.2) is 19.2 Å². The van der Waals surface area contributed by atoms with Crippen LogP contribution in [0.25, 0.3) is 10.8 Å². The maximum absolute atomic E-state index is 13.3. The second-order valence-electron chi connectivity index (χ2n) is 8.53. The molecule has 0 aliphatic heterocycles. The minimum Gasteiger partial charge on any atom is -0.460 e. The second kappa shape index (κ2) is 8.02. The van der Waals surface area contributed by atoms with Crippen LogP contribution in [0.15, 0.2) is 42.5 Å². The molecule has 0 N–H and O–H groups in total. The van der Waals surface area contributed by atoms with Crippen LogP contribution in [0.1, 0.15) is 52.5 Å². The smallest absolute Gasteiger partial charge is 0.343 e. The molecule has 0 aromatic heterocycles. The van der Waals surface area contributed by atoms with E-state index in [0.717, 1.165) is 29.2 Å². The summed E-state index contributed by atoms with van der Waals surface area (Å²) < 4.78 is 11.9. The van der Waals surface area contributed by atoms with Gasteiger partial charge in [-0.3, -0.25) is 0 Å². The molecule has 1 fully saturated rings. The second-order valence-corrected chi connectivity index (χ2v) is 8.53. The van der Waals surface area contributed by atoms with Crippen molar-refractivity contribution in [3.63, 3.8) is 0 Å². The third-order valence-corrected chi connectivity index (χ3v) is 6.32. The number of esters is 1. The number of rotatable bonds is 5. The average Bonchev–Trinajstić information content (AvgIpc) is 2.66. The Kier molecular flexibility index (Phi) is 5.90. The highest BCUT2D eigenvalue weighted by atomic mass is 16.6. The molecule has 0 heterocycles. The third kappa shape index (κ3) is 3.89. The Bertz CT molecular complexity index is 792. The first kappa shape index (κ1) is 19.9. The summed E-state index contributed by atoms with van der Waals surface area (Å²) in [5.74, 6) is 1.22. The number of fused-ring (bicyclic) bond motifs is 1. The van der Waals surface area contributed by atoms with Crippen LogP contribution < -0.4 is 0 Å². The Morgan fingerprint density at radius 2 is 1.81 bits per heavy atom. The van der Waals surface area contributed by atoms with Crippen LogP contribution in [0.2, 0.25) is 0 Å². The van der Waals surface area contributed by atoms with Crippen molar-refractivity contribution in [3.8, 4) is 0 Å². The summed E-state index contributed by atoms with van der Waals surface area (Å²) in [4.78, 5) is 13.3. The Labute approximate surface area is 163 Å². The predicted octanol–water partition coefficient (Wildman–Crippen LogP) is 5.71. The van der Waals surface area contributed by atoms with Gasteiger partial charge in [0.2, 0.25) is 0 Å². The van der Waals surface area contributed by atoms with Crippen molar-refractivity contribution in [1.29, 1.82) is 0 Å². The Balaban J connectivity index is 1.92. The molecule has 0 bridgehead atoms. The number of hydrogen-bond acceptors (Lipinski definition) is 3. The molecule has 1 aliphatic carbocycles. The first-order valence-corrected chi connectivity index (χ1v) is 10.1. The topological polar surface area (TPSA) is 35.5 Å². The van der Waals surface area contributed by atoms with Gasteiger partial charge in [-0.1, -0.05) is 69.7 Å². The highest BCUT2D eigenvalue weighted by Gasteiger charge is 2.42. The van der Waals surface area contributed by atoms with Crippen molar-refractivity contribution in [3.05, 3.63) is 48.0 Å². The summed E-state index contributed by atoms with van der Waals surface area (Å²) in [6.45, 7) is 8.52. The number of benzene rings is 2. The van der Waals surface area contributed by atoms with Crippen LogP contribution in [0.3, 0.4) is 0 Å². The monoisotopic (exact) mass is 368 g/mol. The van der Waals surface area contributed by atoms with Gasteiger partial charge in [0.15, 0.2) is 5.60 Å². The number of ether oxygens (including phenoxy) is 2. The summed E-state index contributed by atoms with van der Waals surface area (Å²) >= 11 is 0. The zero-order chi connectivity index (χ0) is 19.6. The Morgan fingerprint density at radius 3 is 2.52 bits per heavy atom. The van der Waals surface area contributed by atoms with Crippen LogP contribution in [0, 0.1) is 17.8 Å². The SMILES string of the molecule is CO[C@@](C)(C(=O)O[C@@H]1C[C@H](C)CC[C@H]1C(C)C)c1cccc2ccccc12. The van der Waals surface area contributed by atoms with Gasteiger partial charge in [0.1, 0.15) is 6.10 Å². The van der Waals surface area contributed by atoms with Crippen LogP contribution in [-0.2, 0) is 19.9 Å². The summed E-state index contributed by atoms with van der Waals surface area (Å²) in [5, 5.41) is 2.12. The molecule has 27 heavy (non-hydrogen) atoms. The number of carbonyl (C=O) groups is 1. The fourth-order valence-electron chi connectivity index (χ4n) is 4.44. The molecule has 3 rings (SSSR count). The van der Waals surface area contributed by atoms with E-state index in [1.54, 1.807) is 7.11 Å². The molecular formula is C24H32O3. The van der Waals surface area contributed by atoms with Gasteiger partial charge in [0, 0.05) is 12.7 Å². The van der Waals surface area contributed by atoms with Crippen LogP contribution in [0.4, 0.5) is 0 Å². The van der Waals surface area contributed by atoms with E-state index in [1.807, 2.05) is 37.3 Å². The summed E-state index contributed by atoms with van der Waals surface area (Å²) in [5.41, 5.74) is -0.263. The molecular weight excluding hydrogens is 336 g/mol. The van der Waals surface area contributed by atoms with E-state index < -0.39 is 5.60 Å². The zero-order valence-electron chi connectivity index (χ0n) is 17.2.